The summed E-state index contributed by atoms with van der Waals surface area (Å²) in [4.78, 5) is 13.2. The maximum Gasteiger partial charge on any atom is 0.346 e. The molecular formula is C17H12ClNO2S. The van der Waals surface area contributed by atoms with Crippen molar-refractivity contribution in [2.45, 2.75) is 6.92 Å². The average molecular weight is 330 g/mol. The molecule has 0 atom stereocenters. The van der Waals surface area contributed by atoms with Crippen LogP contribution in [0.1, 0.15) is 16.1 Å². The number of rotatable bonds is 3. The minimum absolute atomic E-state index is 0.424. The van der Waals surface area contributed by atoms with Crippen LogP contribution in [0.25, 0.3) is 10.4 Å². The molecule has 0 aliphatic rings. The van der Waals surface area contributed by atoms with E-state index in [0.29, 0.717) is 22.0 Å². The molecular weight excluding hydrogens is 318 g/mol. The van der Waals surface area contributed by atoms with Gasteiger partial charge in [0.1, 0.15) is 11.3 Å². The predicted molar refractivity (Wildman–Crippen MR) is 88.7 cm³/mol. The molecule has 0 bridgehead atoms. The molecule has 0 radical (unpaired) electrons. The number of ether oxygens (including phenoxy) is 1. The van der Waals surface area contributed by atoms with Crippen LogP contribution in [0.15, 0.2) is 54.6 Å². The predicted octanol–water partition coefficient (Wildman–Crippen LogP) is 4.99. The largest absolute Gasteiger partial charge is 0.423 e. The summed E-state index contributed by atoms with van der Waals surface area (Å²) < 4.78 is 9.71. The fourth-order valence-corrected chi connectivity index (χ4v) is 3.29. The number of hydrogen-bond donors (Lipinski definition) is 0. The van der Waals surface area contributed by atoms with Crippen molar-refractivity contribution in [2.24, 2.45) is 0 Å². The van der Waals surface area contributed by atoms with E-state index < -0.39 is 5.97 Å². The van der Waals surface area contributed by atoms with E-state index in [1.165, 1.54) is 11.5 Å². The molecule has 0 aliphatic carbocycles. The Hall–Kier alpha value is -2.17. The lowest BCUT2D eigenvalue weighted by molar-refractivity contribution is 0.0735. The summed E-state index contributed by atoms with van der Waals surface area (Å²) in [7, 11) is 0. The van der Waals surface area contributed by atoms with Crippen molar-refractivity contribution in [3.05, 3.63) is 70.9 Å². The SMILES string of the molecule is Cc1nsc(-c2ccccc2Cl)c1C(=O)Oc1ccccc1. The molecule has 0 unspecified atom stereocenters. The van der Waals surface area contributed by atoms with Crippen molar-refractivity contribution >= 4 is 29.1 Å². The third-order valence-corrected chi connectivity index (χ3v) is 4.44. The van der Waals surface area contributed by atoms with Gasteiger partial charge in [-0.1, -0.05) is 48.0 Å². The van der Waals surface area contributed by atoms with Crippen LogP contribution in [-0.2, 0) is 0 Å². The summed E-state index contributed by atoms with van der Waals surface area (Å²) in [6, 6.07) is 16.4. The van der Waals surface area contributed by atoms with Crippen LogP contribution >= 0.6 is 23.1 Å². The summed E-state index contributed by atoms with van der Waals surface area (Å²) >= 11 is 7.48. The number of esters is 1. The Balaban J connectivity index is 1.99. The quantitative estimate of drug-likeness (QED) is 0.502. The smallest absolute Gasteiger partial charge is 0.346 e. The third-order valence-electron chi connectivity index (χ3n) is 3.14. The first-order valence-electron chi connectivity index (χ1n) is 6.65. The van der Waals surface area contributed by atoms with Gasteiger partial charge in [-0.3, -0.25) is 0 Å². The second-order valence-electron chi connectivity index (χ2n) is 4.65. The van der Waals surface area contributed by atoms with E-state index in [2.05, 4.69) is 4.37 Å². The Labute approximate surface area is 137 Å². The lowest BCUT2D eigenvalue weighted by Crippen LogP contribution is -2.10. The molecule has 0 aliphatic heterocycles. The molecule has 0 fully saturated rings. The number of aryl methyl sites for hydroxylation is 1. The third kappa shape index (κ3) is 2.89. The highest BCUT2D eigenvalue weighted by Gasteiger charge is 2.22. The van der Waals surface area contributed by atoms with Crippen molar-refractivity contribution < 1.29 is 9.53 Å². The van der Waals surface area contributed by atoms with Gasteiger partial charge in [-0.2, -0.15) is 4.37 Å². The number of para-hydroxylation sites is 1. The summed E-state index contributed by atoms with van der Waals surface area (Å²) in [5.41, 5.74) is 1.89. The highest BCUT2D eigenvalue weighted by molar-refractivity contribution is 7.10. The molecule has 1 heterocycles. The number of carbonyl (C=O) groups excluding carboxylic acids is 1. The first kappa shape index (κ1) is 14.8. The average Bonchev–Trinajstić information content (AvgIpc) is 2.90. The van der Waals surface area contributed by atoms with E-state index in [1.807, 2.05) is 36.4 Å². The molecule has 0 amide bonds. The molecule has 0 saturated carbocycles. The van der Waals surface area contributed by atoms with Gasteiger partial charge < -0.3 is 4.74 Å². The maximum absolute atomic E-state index is 12.5. The van der Waals surface area contributed by atoms with Crippen molar-refractivity contribution in [3.63, 3.8) is 0 Å². The van der Waals surface area contributed by atoms with E-state index >= 15 is 0 Å². The number of nitrogens with zero attached hydrogens (tertiary/aromatic N) is 1. The number of benzene rings is 2. The summed E-state index contributed by atoms with van der Waals surface area (Å²) in [5.74, 6) is 0.0792. The van der Waals surface area contributed by atoms with Crippen LogP contribution in [-0.4, -0.2) is 10.3 Å². The Kier molecular flexibility index (Phi) is 4.22. The van der Waals surface area contributed by atoms with Crippen LogP contribution in [0.4, 0.5) is 0 Å². The summed E-state index contributed by atoms with van der Waals surface area (Å²) in [5, 5.41) is 0.583. The van der Waals surface area contributed by atoms with E-state index in [4.69, 9.17) is 16.3 Å². The highest BCUT2D eigenvalue weighted by Crippen LogP contribution is 2.35. The van der Waals surface area contributed by atoms with Gasteiger partial charge in [0.2, 0.25) is 0 Å². The van der Waals surface area contributed by atoms with E-state index in [0.717, 1.165) is 10.4 Å². The number of hydrogen-bond acceptors (Lipinski definition) is 4. The normalized spacial score (nSPS) is 10.5. The van der Waals surface area contributed by atoms with Gasteiger partial charge in [0.05, 0.1) is 10.6 Å². The minimum Gasteiger partial charge on any atom is -0.423 e. The standard InChI is InChI=1S/C17H12ClNO2S/c1-11-15(17(20)21-12-7-3-2-4-8-12)16(22-19-11)13-9-5-6-10-14(13)18/h2-10H,1H3. The van der Waals surface area contributed by atoms with Crippen molar-refractivity contribution in [1.29, 1.82) is 0 Å². The Morgan fingerprint density at radius 1 is 1.09 bits per heavy atom. The Morgan fingerprint density at radius 2 is 1.77 bits per heavy atom. The molecule has 110 valence electrons. The van der Waals surface area contributed by atoms with Crippen LogP contribution < -0.4 is 4.74 Å². The fraction of sp³-hybridized carbons (Fsp3) is 0.0588. The van der Waals surface area contributed by atoms with E-state index in [9.17, 15) is 4.79 Å². The summed E-state index contributed by atoms with van der Waals surface area (Å²) in [6.07, 6.45) is 0. The lowest BCUT2D eigenvalue weighted by Gasteiger charge is -2.07. The second-order valence-corrected chi connectivity index (χ2v) is 5.84. The number of aromatic nitrogens is 1. The zero-order chi connectivity index (χ0) is 15.5. The fourth-order valence-electron chi connectivity index (χ4n) is 2.09. The molecule has 2 aromatic carbocycles. The van der Waals surface area contributed by atoms with Gasteiger partial charge >= 0.3 is 5.97 Å². The second kappa shape index (κ2) is 6.30. The molecule has 22 heavy (non-hydrogen) atoms. The lowest BCUT2D eigenvalue weighted by atomic mass is 10.1. The van der Waals surface area contributed by atoms with Crippen LogP contribution in [0.2, 0.25) is 5.02 Å². The maximum atomic E-state index is 12.5. The summed E-state index contributed by atoms with van der Waals surface area (Å²) in [6.45, 7) is 1.79. The molecule has 5 heteroatoms. The Morgan fingerprint density at radius 3 is 2.50 bits per heavy atom. The highest BCUT2D eigenvalue weighted by atomic mass is 35.5. The molecule has 0 saturated heterocycles. The molecule has 0 N–H and O–H groups in total. The van der Waals surface area contributed by atoms with Gasteiger partial charge in [0.15, 0.2) is 0 Å². The molecule has 3 aromatic rings. The molecule has 1 aromatic heterocycles. The van der Waals surface area contributed by atoms with Crippen LogP contribution in [0, 0.1) is 6.92 Å². The van der Waals surface area contributed by atoms with Gasteiger partial charge in [-0.15, -0.1) is 0 Å². The van der Waals surface area contributed by atoms with Crippen molar-refractivity contribution in [3.8, 4) is 16.2 Å². The number of halogens is 1. The topological polar surface area (TPSA) is 39.2 Å². The minimum atomic E-state index is -0.424. The van der Waals surface area contributed by atoms with Crippen molar-refractivity contribution in [2.75, 3.05) is 0 Å². The van der Waals surface area contributed by atoms with Gasteiger partial charge in [0, 0.05) is 10.6 Å². The molecule has 3 nitrogen and oxygen atoms in total. The number of carbonyl (C=O) groups is 1. The first-order valence-corrected chi connectivity index (χ1v) is 7.80. The Bertz CT molecular complexity index is 815. The van der Waals surface area contributed by atoms with E-state index in [-0.39, 0.29) is 0 Å². The zero-order valence-electron chi connectivity index (χ0n) is 11.7. The van der Waals surface area contributed by atoms with Crippen LogP contribution in [0.5, 0.6) is 5.75 Å². The van der Waals surface area contributed by atoms with Crippen LogP contribution in [0.3, 0.4) is 0 Å². The first-order chi connectivity index (χ1) is 10.7. The van der Waals surface area contributed by atoms with Gasteiger partial charge in [-0.05, 0) is 36.7 Å². The monoisotopic (exact) mass is 329 g/mol. The van der Waals surface area contributed by atoms with E-state index in [1.54, 1.807) is 25.1 Å². The molecule has 3 rings (SSSR count). The molecule has 0 spiro atoms. The van der Waals surface area contributed by atoms with Gasteiger partial charge in [0.25, 0.3) is 0 Å². The van der Waals surface area contributed by atoms with Gasteiger partial charge in [-0.25, -0.2) is 4.79 Å². The zero-order valence-corrected chi connectivity index (χ0v) is 13.3. The van der Waals surface area contributed by atoms with Crippen molar-refractivity contribution in [1.82, 2.24) is 4.37 Å².